The molecule has 3 rings (SSSR count). The molecular weight excluding hydrogens is 382 g/mol. The summed E-state index contributed by atoms with van der Waals surface area (Å²) in [7, 11) is 2.91. The lowest BCUT2D eigenvalue weighted by Crippen LogP contribution is -2.11. The van der Waals surface area contributed by atoms with Crippen molar-refractivity contribution in [2.45, 2.75) is 13.0 Å². The van der Waals surface area contributed by atoms with Crippen LogP contribution in [-0.2, 0) is 4.74 Å². The van der Waals surface area contributed by atoms with E-state index >= 15 is 0 Å². The molecule has 0 amide bonds. The van der Waals surface area contributed by atoms with Crippen LogP contribution in [0, 0.1) is 10.1 Å². The highest BCUT2D eigenvalue weighted by Gasteiger charge is 2.24. The average Bonchev–Trinajstić information content (AvgIpc) is 3.23. The number of carbonyl (C=O) groups is 1. The van der Waals surface area contributed by atoms with Crippen LogP contribution in [0.2, 0.25) is 0 Å². The van der Waals surface area contributed by atoms with E-state index in [9.17, 15) is 14.9 Å². The molecule has 0 aliphatic rings. The number of nitro benzene ring substituents is 1. The van der Waals surface area contributed by atoms with E-state index in [4.69, 9.17) is 18.6 Å². The molecule has 3 aromatic rings. The summed E-state index contributed by atoms with van der Waals surface area (Å²) in [6.07, 6.45) is -0.883. The summed E-state index contributed by atoms with van der Waals surface area (Å²) in [5, 5.41) is 18.8. The Hall–Kier alpha value is -3.95. The number of carbonyl (C=O) groups excluding carboxylic acids is 1. The van der Waals surface area contributed by atoms with Crippen LogP contribution in [0.1, 0.15) is 29.3 Å². The molecular formula is C19H17N3O7. The zero-order valence-corrected chi connectivity index (χ0v) is 15.8. The topological polar surface area (TPSA) is 127 Å². The van der Waals surface area contributed by atoms with Gasteiger partial charge < -0.3 is 18.6 Å². The first-order chi connectivity index (χ1) is 13.9. The number of aromatic nitrogens is 2. The van der Waals surface area contributed by atoms with Crippen molar-refractivity contribution >= 4 is 11.7 Å². The van der Waals surface area contributed by atoms with Crippen LogP contribution in [0.3, 0.4) is 0 Å². The van der Waals surface area contributed by atoms with Crippen LogP contribution in [-0.4, -0.2) is 35.3 Å². The number of rotatable bonds is 7. The molecule has 0 radical (unpaired) electrons. The van der Waals surface area contributed by atoms with E-state index in [2.05, 4.69) is 10.2 Å². The van der Waals surface area contributed by atoms with E-state index in [0.29, 0.717) is 11.3 Å². The van der Waals surface area contributed by atoms with Crippen molar-refractivity contribution in [1.29, 1.82) is 0 Å². The molecule has 29 heavy (non-hydrogen) atoms. The monoisotopic (exact) mass is 399 g/mol. The van der Waals surface area contributed by atoms with Gasteiger partial charge in [0.15, 0.2) is 6.10 Å². The molecule has 10 heteroatoms. The fraction of sp³-hybridized carbons (Fsp3) is 0.211. The standard InChI is InChI=1S/C19H17N3O7/c1-11(17-20-21-18(29-17)12-4-7-14(26-2)8-5-12)28-19(23)15-10-13(22(24)25)6-9-16(15)27-3/h4-11H,1-3H3/t11-/m0/s1. The Balaban J connectivity index is 1.77. The lowest BCUT2D eigenvalue weighted by molar-refractivity contribution is -0.384. The van der Waals surface area contributed by atoms with Gasteiger partial charge in [-0.3, -0.25) is 10.1 Å². The number of nitro groups is 1. The first-order valence-corrected chi connectivity index (χ1v) is 8.44. The van der Waals surface area contributed by atoms with E-state index in [0.717, 1.165) is 6.07 Å². The fourth-order valence-corrected chi connectivity index (χ4v) is 2.49. The molecule has 0 bridgehead atoms. The van der Waals surface area contributed by atoms with Crippen molar-refractivity contribution in [2.75, 3.05) is 14.2 Å². The van der Waals surface area contributed by atoms with Crippen LogP contribution in [0.5, 0.6) is 11.5 Å². The van der Waals surface area contributed by atoms with Gasteiger partial charge >= 0.3 is 5.97 Å². The van der Waals surface area contributed by atoms with E-state index in [-0.39, 0.29) is 28.8 Å². The molecule has 150 valence electrons. The van der Waals surface area contributed by atoms with Gasteiger partial charge in [0.25, 0.3) is 11.6 Å². The molecule has 0 saturated heterocycles. The van der Waals surface area contributed by atoms with Gasteiger partial charge in [-0.05, 0) is 37.3 Å². The van der Waals surface area contributed by atoms with Crippen LogP contribution in [0.25, 0.3) is 11.5 Å². The number of hydrogen-bond acceptors (Lipinski definition) is 9. The van der Waals surface area contributed by atoms with Crippen LogP contribution >= 0.6 is 0 Å². The van der Waals surface area contributed by atoms with E-state index in [1.165, 1.54) is 19.2 Å². The third-order valence-corrected chi connectivity index (χ3v) is 4.02. The van der Waals surface area contributed by atoms with Gasteiger partial charge in [0.1, 0.15) is 17.1 Å². The molecule has 1 aromatic heterocycles. The number of esters is 1. The highest BCUT2D eigenvalue weighted by Crippen LogP contribution is 2.28. The number of hydrogen-bond donors (Lipinski definition) is 0. The molecule has 0 spiro atoms. The van der Waals surface area contributed by atoms with Crippen LogP contribution in [0.4, 0.5) is 5.69 Å². The summed E-state index contributed by atoms with van der Waals surface area (Å²) in [6.45, 7) is 1.55. The summed E-state index contributed by atoms with van der Waals surface area (Å²) in [5.41, 5.74) is 0.330. The SMILES string of the molecule is COc1ccc(-c2nnc([C@H](C)OC(=O)c3cc([N+](=O)[O-])ccc3OC)o2)cc1. The first kappa shape index (κ1) is 19.8. The van der Waals surface area contributed by atoms with E-state index in [1.54, 1.807) is 38.3 Å². The molecule has 2 aromatic carbocycles. The molecule has 10 nitrogen and oxygen atoms in total. The van der Waals surface area contributed by atoms with Gasteiger partial charge in [-0.25, -0.2) is 4.79 Å². The molecule has 0 unspecified atom stereocenters. The molecule has 1 atom stereocenters. The van der Waals surface area contributed by atoms with Crippen molar-refractivity contribution < 1.29 is 28.3 Å². The minimum Gasteiger partial charge on any atom is -0.497 e. The van der Waals surface area contributed by atoms with Crippen molar-refractivity contribution in [2.24, 2.45) is 0 Å². The van der Waals surface area contributed by atoms with Gasteiger partial charge in [-0.2, -0.15) is 0 Å². The predicted octanol–water partition coefficient (Wildman–Crippen LogP) is 3.58. The molecule has 0 aliphatic carbocycles. The van der Waals surface area contributed by atoms with Gasteiger partial charge in [0.05, 0.1) is 19.1 Å². The number of non-ortho nitro benzene ring substituents is 1. The van der Waals surface area contributed by atoms with Crippen molar-refractivity contribution in [3.8, 4) is 23.0 Å². The largest absolute Gasteiger partial charge is 0.497 e. The second-order valence-electron chi connectivity index (χ2n) is 5.86. The lowest BCUT2D eigenvalue weighted by atomic mass is 10.2. The van der Waals surface area contributed by atoms with E-state index < -0.39 is 17.0 Å². The zero-order chi connectivity index (χ0) is 21.0. The van der Waals surface area contributed by atoms with Crippen LogP contribution in [0.15, 0.2) is 46.9 Å². The van der Waals surface area contributed by atoms with Crippen molar-refractivity contribution in [3.05, 3.63) is 64.0 Å². The highest BCUT2D eigenvalue weighted by molar-refractivity contribution is 5.93. The third kappa shape index (κ3) is 4.32. The summed E-state index contributed by atoms with van der Waals surface area (Å²) in [4.78, 5) is 22.9. The van der Waals surface area contributed by atoms with Gasteiger partial charge in [0, 0.05) is 17.7 Å². The predicted molar refractivity (Wildman–Crippen MR) is 99.8 cm³/mol. The first-order valence-electron chi connectivity index (χ1n) is 8.44. The summed E-state index contributed by atoms with van der Waals surface area (Å²) in [6, 6.07) is 10.6. The van der Waals surface area contributed by atoms with E-state index in [1.807, 2.05) is 0 Å². The zero-order valence-electron chi connectivity index (χ0n) is 15.8. The minimum atomic E-state index is -0.883. The second-order valence-corrected chi connectivity index (χ2v) is 5.86. The maximum absolute atomic E-state index is 12.5. The quantitative estimate of drug-likeness (QED) is 0.333. The Morgan fingerprint density at radius 3 is 2.45 bits per heavy atom. The van der Waals surface area contributed by atoms with Crippen molar-refractivity contribution in [3.63, 3.8) is 0 Å². The van der Waals surface area contributed by atoms with Gasteiger partial charge in [0.2, 0.25) is 5.89 Å². The van der Waals surface area contributed by atoms with Crippen LogP contribution < -0.4 is 9.47 Å². The lowest BCUT2D eigenvalue weighted by Gasteiger charge is -2.11. The molecule has 1 heterocycles. The Labute approximate surface area is 165 Å². The number of nitrogens with zero attached hydrogens (tertiary/aromatic N) is 3. The highest BCUT2D eigenvalue weighted by atomic mass is 16.6. The Morgan fingerprint density at radius 2 is 1.83 bits per heavy atom. The number of ether oxygens (including phenoxy) is 3. The van der Waals surface area contributed by atoms with Crippen molar-refractivity contribution in [1.82, 2.24) is 10.2 Å². The minimum absolute atomic E-state index is 0.0774. The molecule has 0 N–H and O–H groups in total. The summed E-state index contributed by atoms with van der Waals surface area (Å²) in [5.74, 6) is 0.341. The third-order valence-electron chi connectivity index (χ3n) is 4.02. The Morgan fingerprint density at radius 1 is 1.10 bits per heavy atom. The summed E-state index contributed by atoms with van der Waals surface area (Å²) >= 11 is 0. The molecule has 0 fully saturated rings. The normalized spacial score (nSPS) is 11.6. The Kier molecular flexibility index (Phi) is 5.72. The maximum atomic E-state index is 12.5. The average molecular weight is 399 g/mol. The Bertz CT molecular complexity index is 1030. The fourth-order valence-electron chi connectivity index (χ4n) is 2.49. The number of benzene rings is 2. The smallest absolute Gasteiger partial charge is 0.342 e. The van der Waals surface area contributed by atoms with Gasteiger partial charge in [-0.1, -0.05) is 0 Å². The number of methoxy groups -OCH3 is 2. The molecule has 0 aliphatic heterocycles. The second kappa shape index (κ2) is 8.38. The maximum Gasteiger partial charge on any atom is 0.342 e. The molecule has 0 saturated carbocycles. The van der Waals surface area contributed by atoms with Gasteiger partial charge in [-0.15, -0.1) is 10.2 Å². The summed E-state index contributed by atoms with van der Waals surface area (Å²) < 4.78 is 21.1.